The number of nitrogens with zero attached hydrogens (tertiary/aromatic N) is 1. The molecule has 0 aliphatic heterocycles. The molecule has 0 bridgehead atoms. The van der Waals surface area contributed by atoms with E-state index in [0.717, 1.165) is 6.42 Å². The normalized spacial score (nSPS) is 12.1. The number of amidine groups is 1. The Hall–Kier alpha value is -1.62. The summed E-state index contributed by atoms with van der Waals surface area (Å²) < 4.78 is 19.0. The van der Waals surface area contributed by atoms with Gasteiger partial charge in [-0.2, -0.15) is 0 Å². The molecule has 0 atom stereocenters. The van der Waals surface area contributed by atoms with Crippen LogP contribution in [0.4, 0.5) is 4.39 Å². The average molecular weight is 254 g/mol. The third-order valence-electron chi connectivity index (χ3n) is 2.55. The van der Waals surface area contributed by atoms with Gasteiger partial charge in [0.2, 0.25) is 0 Å². The Bertz CT molecular complexity index is 419. The molecule has 18 heavy (non-hydrogen) atoms. The molecule has 0 spiro atoms. The van der Waals surface area contributed by atoms with Gasteiger partial charge in [0.15, 0.2) is 5.84 Å². The Kier molecular flexibility index (Phi) is 5.58. The van der Waals surface area contributed by atoms with Crippen LogP contribution < -0.4 is 5.73 Å². The molecule has 0 fully saturated rings. The Labute approximate surface area is 106 Å². The lowest BCUT2D eigenvalue weighted by molar-refractivity contribution is 0.108. The maximum Gasteiger partial charge on any atom is 0.170 e. The minimum absolute atomic E-state index is 0.110. The zero-order valence-electron chi connectivity index (χ0n) is 10.7. The van der Waals surface area contributed by atoms with Crippen LogP contribution in [0, 0.1) is 11.7 Å². The minimum atomic E-state index is -0.413. The quantitative estimate of drug-likeness (QED) is 0.269. The van der Waals surface area contributed by atoms with E-state index in [0.29, 0.717) is 23.7 Å². The van der Waals surface area contributed by atoms with Crippen LogP contribution in [0.2, 0.25) is 0 Å². The van der Waals surface area contributed by atoms with E-state index in [-0.39, 0.29) is 12.4 Å². The lowest BCUT2D eigenvalue weighted by atomic mass is 10.1. The molecule has 0 aliphatic carbocycles. The van der Waals surface area contributed by atoms with Gasteiger partial charge >= 0.3 is 0 Å². The molecule has 1 rings (SSSR count). The van der Waals surface area contributed by atoms with Crippen LogP contribution in [0.15, 0.2) is 23.4 Å². The van der Waals surface area contributed by atoms with Gasteiger partial charge in [-0.3, -0.25) is 0 Å². The van der Waals surface area contributed by atoms with Gasteiger partial charge in [-0.1, -0.05) is 31.1 Å². The first-order chi connectivity index (χ1) is 8.54. The second-order valence-electron chi connectivity index (χ2n) is 4.53. The summed E-state index contributed by atoms with van der Waals surface area (Å²) in [6.45, 7) is 5.06. The molecule has 0 saturated heterocycles. The molecule has 0 amide bonds. The fraction of sp³-hybridized carbons (Fsp3) is 0.462. The van der Waals surface area contributed by atoms with E-state index >= 15 is 0 Å². The van der Waals surface area contributed by atoms with Crippen molar-refractivity contribution in [2.24, 2.45) is 16.8 Å². The average Bonchev–Trinajstić information content (AvgIpc) is 2.34. The summed E-state index contributed by atoms with van der Waals surface area (Å²) in [5.41, 5.74) is 6.18. The third kappa shape index (κ3) is 4.33. The first-order valence-corrected chi connectivity index (χ1v) is 5.88. The van der Waals surface area contributed by atoms with Gasteiger partial charge in [-0.15, -0.1) is 0 Å². The zero-order valence-corrected chi connectivity index (χ0v) is 10.7. The van der Waals surface area contributed by atoms with Crippen molar-refractivity contribution in [2.45, 2.75) is 26.9 Å². The van der Waals surface area contributed by atoms with Crippen molar-refractivity contribution in [3.63, 3.8) is 0 Å². The molecule has 3 N–H and O–H groups in total. The molecule has 0 saturated carbocycles. The first kappa shape index (κ1) is 14.4. The molecule has 0 heterocycles. The summed E-state index contributed by atoms with van der Waals surface area (Å²) >= 11 is 0. The van der Waals surface area contributed by atoms with Gasteiger partial charge in [0, 0.05) is 17.7 Å². The van der Waals surface area contributed by atoms with Crippen LogP contribution in [0.5, 0.6) is 0 Å². The predicted octanol–water partition coefficient (Wildman–Crippen LogP) is 2.48. The summed E-state index contributed by atoms with van der Waals surface area (Å²) in [5, 5.41) is 11.3. The summed E-state index contributed by atoms with van der Waals surface area (Å²) in [5.74, 6) is 0.0441. The van der Waals surface area contributed by atoms with Gasteiger partial charge in [-0.25, -0.2) is 4.39 Å². The number of rotatable bonds is 6. The van der Waals surface area contributed by atoms with Gasteiger partial charge in [0.1, 0.15) is 5.82 Å². The van der Waals surface area contributed by atoms with E-state index in [4.69, 9.17) is 15.7 Å². The van der Waals surface area contributed by atoms with Gasteiger partial charge < -0.3 is 15.7 Å². The first-order valence-electron chi connectivity index (χ1n) is 5.88. The SMILES string of the molecule is CC(C)CCOCc1ccc(/C(N)=N/O)cc1F. The second-order valence-corrected chi connectivity index (χ2v) is 4.53. The van der Waals surface area contributed by atoms with Crippen LogP contribution in [-0.4, -0.2) is 17.6 Å². The maximum atomic E-state index is 13.7. The largest absolute Gasteiger partial charge is 0.409 e. The third-order valence-corrected chi connectivity index (χ3v) is 2.55. The molecule has 100 valence electrons. The van der Waals surface area contributed by atoms with Crippen molar-refractivity contribution in [3.8, 4) is 0 Å². The number of hydrogen-bond donors (Lipinski definition) is 2. The maximum absolute atomic E-state index is 13.7. The molecular weight excluding hydrogens is 235 g/mol. The number of benzene rings is 1. The Morgan fingerprint density at radius 2 is 2.22 bits per heavy atom. The lowest BCUT2D eigenvalue weighted by Crippen LogP contribution is -2.13. The smallest absolute Gasteiger partial charge is 0.170 e. The van der Waals surface area contributed by atoms with E-state index in [1.165, 1.54) is 6.07 Å². The number of halogens is 1. The number of ether oxygens (including phenoxy) is 1. The molecule has 1 aromatic rings. The fourth-order valence-corrected chi connectivity index (χ4v) is 1.38. The van der Waals surface area contributed by atoms with E-state index in [1.807, 2.05) is 0 Å². The Morgan fingerprint density at radius 1 is 1.50 bits per heavy atom. The van der Waals surface area contributed by atoms with Crippen LogP contribution in [-0.2, 0) is 11.3 Å². The van der Waals surface area contributed by atoms with Gasteiger partial charge in [0.05, 0.1) is 6.61 Å². The highest BCUT2D eigenvalue weighted by molar-refractivity contribution is 5.97. The van der Waals surface area contributed by atoms with E-state index in [1.54, 1.807) is 12.1 Å². The molecule has 0 aliphatic rings. The second kappa shape index (κ2) is 6.96. The molecule has 0 aromatic heterocycles. The summed E-state index contributed by atoms with van der Waals surface area (Å²) in [4.78, 5) is 0. The molecule has 0 radical (unpaired) electrons. The highest BCUT2D eigenvalue weighted by Gasteiger charge is 2.06. The van der Waals surface area contributed by atoms with Crippen molar-refractivity contribution in [2.75, 3.05) is 6.61 Å². The lowest BCUT2D eigenvalue weighted by Gasteiger charge is -2.08. The highest BCUT2D eigenvalue weighted by Crippen LogP contribution is 2.12. The fourth-order valence-electron chi connectivity index (χ4n) is 1.38. The van der Waals surface area contributed by atoms with Crippen molar-refractivity contribution in [3.05, 3.63) is 35.1 Å². The molecule has 5 heteroatoms. The molecule has 1 aromatic carbocycles. The summed E-state index contributed by atoms with van der Waals surface area (Å²) in [7, 11) is 0. The van der Waals surface area contributed by atoms with Crippen molar-refractivity contribution < 1.29 is 14.3 Å². The number of hydrogen-bond acceptors (Lipinski definition) is 3. The summed E-state index contributed by atoms with van der Waals surface area (Å²) in [6.07, 6.45) is 0.948. The molecular formula is C13H19FN2O2. The molecule has 4 nitrogen and oxygen atoms in total. The van der Waals surface area contributed by atoms with Crippen molar-refractivity contribution >= 4 is 5.84 Å². The number of oxime groups is 1. The van der Waals surface area contributed by atoms with E-state index < -0.39 is 5.82 Å². The van der Waals surface area contributed by atoms with Gasteiger partial charge in [0.25, 0.3) is 0 Å². The Morgan fingerprint density at radius 3 is 2.78 bits per heavy atom. The highest BCUT2D eigenvalue weighted by atomic mass is 19.1. The van der Waals surface area contributed by atoms with Crippen molar-refractivity contribution in [1.82, 2.24) is 0 Å². The van der Waals surface area contributed by atoms with E-state index in [2.05, 4.69) is 19.0 Å². The molecule has 0 unspecified atom stereocenters. The topological polar surface area (TPSA) is 67.8 Å². The van der Waals surface area contributed by atoms with Crippen LogP contribution in [0.25, 0.3) is 0 Å². The van der Waals surface area contributed by atoms with E-state index in [9.17, 15) is 4.39 Å². The minimum Gasteiger partial charge on any atom is -0.409 e. The number of nitrogens with two attached hydrogens (primary N) is 1. The van der Waals surface area contributed by atoms with Crippen LogP contribution in [0.3, 0.4) is 0 Å². The zero-order chi connectivity index (χ0) is 13.5. The van der Waals surface area contributed by atoms with Gasteiger partial charge in [-0.05, 0) is 18.4 Å². The van der Waals surface area contributed by atoms with Crippen LogP contribution in [0.1, 0.15) is 31.4 Å². The Balaban J connectivity index is 2.58. The van der Waals surface area contributed by atoms with Crippen LogP contribution >= 0.6 is 0 Å². The standard InChI is InChI=1S/C13H19FN2O2/c1-9(2)5-6-18-8-11-4-3-10(7-12(11)14)13(15)16-17/h3-4,7,9,17H,5-6,8H2,1-2H3,(H2,15,16). The summed E-state index contributed by atoms with van der Waals surface area (Å²) in [6, 6.07) is 4.41. The monoisotopic (exact) mass is 254 g/mol. The predicted molar refractivity (Wildman–Crippen MR) is 68.0 cm³/mol. The van der Waals surface area contributed by atoms with Crippen molar-refractivity contribution in [1.29, 1.82) is 0 Å².